The van der Waals surface area contributed by atoms with E-state index in [4.69, 9.17) is 23.7 Å². The minimum Gasteiger partial charge on any atom is -0.463 e. The van der Waals surface area contributed by atoms with E-state index >= 15 is 0 Å². The number of nitrogens with one attached hydrogen (secondary N) is 1. The van der Waals surface area contributed by atoms with Gasteiger partial charge in [0.05, 0.1) is 0 Å². The minimum atomic E-state index is -1.16. The van der Waals surface area contributed by atoms with E-state index in [0.29, 0.717) is 19.3 Å². The van der Waals surface area contributed by atoms with E-state index in [0.717, 1.165) is 0 Å². The molecule has 1 amide bonds. The van der Waals surface area contributed by atoms with Crippen LogP contribution in [0.15, 0.2) is 0 Å². The largest absolute Gasteiger partial charge is 0.463 e. The fraction of sp³-hybridized carbons (Fsp3) is 0.783. The summed E-state index contributed by atoms with van der Waals surface area (Å²) < 4.78 is 27.5. The fourth-order valence-corrected chi connectivity index (χ4v) is 3.40. The van der Waals surface area contributed by atoms with Gasteiger partial charge in [-0.15, -0.1) is 0 Å². The highest BCUT2D eigenvalue weighted by atomic mass is 16.7. The van der Waals surface area contributed by atoms with Gasteiger partial charge in [-0.3, -0.25) is 24.0 Å². The van der Waals surface area contributed by atoms with Crippen molar-refractivity contribution in [3.63, 3.8) is 0 Å². The van der Waals surface area contributed by atoms with E-state index < -0.39 is 59.9 Å². The molecule has 1 rings (SSSR count). The van der Waals surface area contributed by atoms with E-state index in [2.05, 4.69) is 5.32 Å². The minimum absolute atomic E-state index is 0.137. The standard InChI is InChI=1S/C23H37NO10/c1-13(25)24-19-21(33-16(4)28)20(32-15(3)27)17(12-31-14(2)26)34-22(19)30-11-9-8-10-18(29)23(5,6)7/h17,19-22H,8-12H2,1-7H3,(H,24,25)/t17-,19-,20+,21-,22-/m1/s1. The second-order valence-electron chi connectivity index (χ2n) is 9.22. The van der Waals surface area contributed by atoms with Gasteiger partial charge in [0.1, 0.15) is 24.5 Å². The summed E-state index contributed by atoms with van der Waals surface area (Å²) in [7, 11) is 0. The zero-order chi connectivity index (χ0) is 26.1. The molecule has 0 spiro atoms. The Morgan fingerprint density at radius 1 is 0.853 bits per heavy atom. The van der Waals surface area contributed by atoms with E-state index in [1.54, 1.807) is 0 Å². The summed E-state index contributed by atoms with van der Waals surface area (Å²) in [5.41, 5.74) is -0.420. The van der Waals surface area contributed by atoms with Crippen molar-refractivity contribution in [2.24, 2.45) is 5.41 Å². The molecular weight excluding hydrogens is 450 g/mol. The third kappa shape index (κ3) is 10.2. The van der Waals surface area contributed by atoms with E-state index in [1.165, 1.54) is 27.7 Å². The molecule has 0 unspecified atom stereocenters. The summed E-state index contributed by atoms with van der Waals surface area (Å²) in [6.07, 6.45) is -2.92. The molecule has 5 atom stereocenters. The molecule has 11 nitrogen and oxygen atoms in total. The number of carbonyl (C=O) groups is 5. The fourth-order valence-electron chi connectivity index (χ4n) is 3.40. The quantitative estimate of drug-likeness (QED) is 0.258. The molecule has 1 aliphatic rings. The van der Waals surface area contributed by atoms with E-state index in [1.807, 2.05) is 20.8 Å². The van der Waals surface area contributed by atoms with Gasteiger partial charge in [0.25, 0.3) is 0 Å². The van der Waals surface area contributed by atoms with Crippen LogP contribution < -0.4 is 5.32 Å². The Bertz CT molecular complexity index is 745. The molecule has 1 N–H and O–H groups in total. The second kappa shape index (κ2) is 13.4. The van der Waals surface area contributed by atoms with Gasteiger partial charge in [-0.05, 0) is 12.8 Å². The lowest BCUT2D eigenvalue weighted by Crippen LogP contribution is -2.66. The number of ether oxygens (including phenoxy) is 5. The average molecular weight is 488 g/mol. The molecular formula is C23H37NO10. The van der Waals surface area contributed by atoms with Crippen LogP contribution in [0.25, 0.3) is 0 Å². The second-order valence-corrected chi connectivity index (χ2v) is 9.22. The summed E-state index contributed by atoms with van der Waals surface area (Å²) in [6.45, 7) is 10.3. The molecule has 194 valence electrons. The Hall–Kier alpha value is -2.53. The molecule has 0 aromatic rings. The highest BCUT2D eigenvalue weighted by Gasteiger charge is 2.51. The third-order valence-corrected chi connectivity index (χ3v) is 4.99. The highest BCUT2D eigenvalue weighted by molar-refractivity contribution is 5.83. The van der Waals surface area contributed by atoms with Gasteiger partial charge in [0.15, 0.2) is 18.5 Å². The predicted molar refractivity (Wildman–Crippen MR) is 118 cm³/mol. The maximum atomic E-state index is 12.1. The molecule has 1 fully saturated rings. The number of hydrogen-bond donors (Lipinski definition) is 1. The van der Waals surface area contributed by atoms with Crippen molar-refractivity contribution in [1.82, 2.24) is 5.32 Å². The summed E-state index contributed by atoms with van der Waals surface area (Å²) in [6, 6.07) is -1.00. The summed E-state index contributed by atoms with van der Waals surface area (Å²) in [5.74, 6) is -2.25. The molecule has 0 aromatic heterocycles. The van der Waals surface area contributed by atoms with Crippen molar-refractivity contribution in [1.29, 1.82) is 0 Å². The molecule has 0 aliphatic carbocycles. The molecule has 0 aromatic carbocycles. The summed E-state index contributed by atoms with van der Waals surface area (Å²) >= 11 is 0. The normalized spacial score (nSPS) is 24.6. The van der Waals surface area contributed by atoms with E-state index in [-0.39, 0.29) is 19.0 Å². The lowest BCUT2D eigenvalue weighted by molar-refractivity contribution is -0.277. The van der Waals surface area contributed by atoms with Crippen LogP contribution in [0, 0.1) is 5.41 Å². The van der Waals surface area contributed by atoms with Gasteiger partial charge in [0.2, 0.25) is 5.91 Å². The number of carbonyl (C=O) groups excluding carboxylic acids is 5. The number of Topliss-reactive ketones (excluding diaryl/α,β-unsaturated/α-hetero) is 1. The Morgan fingerprint density at radius 3 is 1.94 bits per heavy atom. The molecule has 0 radical (unpaired) electrons. The number of hydrogen-bond acceptors (Lipinski definition) is 10. The number of rotatable bonds is 11. The van der Waals surface area contributed by atoms with Crippen LogP contribution in [0.2, 0.25) is 0 Å². The summed E-state index contributed by atoms with van der Waals surface area (Å²) in [5, 5.41) is 2.64. The lowest BCUT2D eigenvalue weighted by atomic mass is 9.88. The van der Waals surface area contributed by atoms with Gasteiger partial charge in [-0.1, -0.05) is 20.8 Å². The van der Waals surface area contributed by atoms with Gasteiger partial charge >= 0.3 is 17.9 Å². The molecule has 1 aliphatic heterocycles. The molecule has 1 saturated heterocycles. The number of esters is 3. The van der Waals surface area contributed by atoms with Crippen LogP contribution in [0.5, 0.6) is 0 Å². The number of unbranched alkanes of at least 4 members (excludes halogenated alkanes) is 1. The van der Waals surface area contributed by atoms with Gasteiger partial charge < -0.3 is 29.0 Å². The summed E-state index contributed by atoms with van der Waals surface area (Å²) in [4.78, 5) is 58.9. The molecule has 1 heterocycles. The Balaban J connectivity index is 3.04. The van der Waals surface area contributed by atoms with Gasteiger partial charge in [0, 0.05) is 46.1 Å². The average Bonchev–Trinajstić information content (AvgIpc) is 2.68. The molecule has 11 heteroatoms. The van der Waals surface area contributed by atoms with Crippen LogP contribution in [0.4, 0.5) is 0 Å². The van der Waals surface area contributed by atoms with Crippen molar-refractivity contribution in [2.45, 2.75) is 98.4 Å². The van der Waals surface area contributed by atoms with Gasteiger partial charge in [-0.2, -0.15) is 0 Å². The highest BCUT2D eigenvalue weighted by Crippen LogP contribution is 2.28. The third-order valence-electron chi connectivity index (χ3n) is 4.99. The van der Waals surface area contributed by atoms with Crippen molar-refractivity contribution in [3.8, 4) is 0 Å². The molecule has 0 bridgehead atoms. The van der Waals surface area contributed by atoms with Crippen LogP contribution in [-0.4, -0.2) is 73.5 Å². The molecule has 34 heavy (non-hydrogen) atoms. The van der Waals surface area contributed by atoms with Crippen molar-refractivity contribution < 1.29 is 47.7 Å². The topological polar surface area (TPSA) is 144 Å². The first-order chi connectivity index (χ1) is 15.7. The monoisotopic (exact) mass is 487 g/mol. The van der Waals surface area contributed by atoms with Crippen LogP contribution >= 0.6 is 0 Å². The van der Waals surface area contributed by atoms with Crippen LogP contribution in [-0.2, 0) is 47.7 Å². The zero-order valence-corrected chi connectivity index (χ0v) is 21.0. The SMILES string of the molecule is CC(=O)N[C@H]1[C@H](OCCCCC(=O)C(C)(C)C)O[C@H](COC(C)=O)[C@H](OC(C)=O)[C@@H]1OC(C)=O. The molecule has 0 saturated carbocycles. The first-order valence-corrected chi connectivity index (χ1v) is 11.3. The van der Waals surface area contributed by atoms with E-state index in [9.17, 15) is 24.0 Å². The first kappa shape index (κ1) is 29.5. The number of amides is 1. The van der Waals surface area contributed by atoms with Crippen LogP contribution in [0.3, 0.4) is 0 Å². The Labute approximate surface area is 200 Å². The van der Waals surface area contributed by atoms with Crippen molar-refractivity contribution >= 4 is 29.6 Å². The van der Waals surface area contributed by atoms with Gasteiger partial charge in [-0.25, -0.2) is 0 Å². The van der Waals surface area contributed by atoms with Crippen molar-refractivity contribution in [3.05, 3.63) is 0 Å². The lowest BCUT2D eigenvalue weighted by Gasteiger charge is -2.44. The van der Waals surface area contributed by atoms with Crippen LogP contribution in [0.1, 0.15) is 67.7 Å². The number of ketones is 1. The maximum Gasteiger partial charge on any atom is 0.303 e. The predicted octanol–water partition coefficient (Wildman–Crippen LogP) is 1.44. The zero-order valence-electron chi connectivity index (χ0n) is 21.0. The Kier molecular flexibility index (Phi) is 11.6. The van der Waals surface area contributed by atoms with Crippen molar-refractivity contribution in [2.75, 3.05) is 13.2 Å². The first-order valence-electron chi connectivity index (χ1n) is 11.3. The Morgan fingerprint density at radius 2 is 1.44 bits per heavy atom. The smallest absolute Gasteiger partial charge is 0.303 e. The maximum absolute atomic E-state index is 12.1.